The summed E-state index contributed by atoms with van der Waals surface area (Å²) in [6.45, 7) is 2.53. The number of hydrogen-bond acceptors (Lipinski definition) is 4. The fourth-order valence-electron chi connectivity index (χ4n) is 1.81. The zero-order chi connectivity index (χ0) is 10.5. The molecule has 1 aromatic rings. The summed E-state index contributed by atoms with van der Waals surface area (Å²) in [7, 11) is 1.88. The highest BCUT2D eigenvalue weighted by Gasteiger charge is 2.12. The van der Waals surface area contributed by atoms with Gasteiger partial charge in [0.25, 0.3) is 0 Å². The molecule has 1 aliphatic heterocycles. The van der Waals surface area contributed by atoms with Crippen LogP contribution in [0.25, 0.3) is 0 Å². The van der Waals surface area contributed by atoms with E-state index in [9.17, 15) is 0 Å². The molecule has 5 nitrogen and oxygen atoms in total. The maximum atomic E-state index is 5.41. The number of nitrogens with one attached hydrogen (secondary N) is 1. The van der Waals surface area contributed by atoms with Crippen LogP contribution in [0.3, 0.4) is 0 Å². The highest BCUT2D eigenvalue weighted by atomic mass is 16.5. The Balaban J connectivity index is 1.76. The highest BCUT2D eigenvalue weighted by Crippen LogP contribution is 2.08. The Morgan fingerprint density at radius 3 is 3.27 bits per heavy atom. The van der Waals surface area contributed by atoms with Gasteiger partial charge in [-0.3, -0.25) is 4.68 Å². The van der Waals surface area contributed by atoms with Gasteiger partial charge in [-0.2, -0.15) is 5.10 Å². The number of aromatic nitrogens is 3. The molecule has 1 N–H and O–H groups in total. The Hall–Kier alpha value is -0.940. The Morgan fingerprint density at radius 2 is 2.47 bits per heavy atom. The zero-order valence-corrected chi connectivity index (χ0v) is 9.15. The molecule has 0 radical (unpaired) electrons. The van der Waals surface area contributed by atoms with Crippen molar-refractivity contribution in [2.45, 2.75) is 31.8 Å². The van der Waals surface area contributed by atoms with Crippen LogP contribution < -0.4 is 5.32 Å². The lowest BCUT2D eigenvalue weighted by molar-refractivity contribution is 0.142. The Kier molecular flexibility index (Phi) is 3.69. The van der Waals surface area contributed by atoms with E-state index in [0.717, 1.165) is 38.4 Å². The largest absolute Gasteiger partial charge is 0.381 e. The molecule has 0 aromatic carbocycles. The van der Waals surface area contributed by atoms with Crippen molar-refractivity contribution < 1.29 is 4.74 Å². The lowest BCUT2D eigenvalue weighted by Crippen LogP contribution is -2.29. The first-order valence-electron chi connectivity index (χ1n) is 5.50. The molecule has 1 atom stereocenters. The predicted octanol–water partition coefficient (Wildman–Crippen LogP) is 0.474. The summed E-state index contributed by atoms with van der Waals surface area (Å²) in [5.41, 5.74) is 0. The molecule has 5 heteroatoms. The maximum Gasteiger partial charge on any atom is 0.164 e. The van der Waals surface area contributed by atoms with E-state index in [4.69, 9.17) is 4.74 Å². The average molecular weight is 210 g/mol. The quantitative estimate of drug-likeness (QED) is 0.788. The van der Waals surface area contributed by atoms with Crippen LogP contribution in [-0.2, 0) is 18.3 Å². The van der Waals surface area contributed by atoms with Gasteiger partial charge in [-0.15, -0.1) is 0 Å². The summed E-state index contributed by atoms with van der Waals surface area (Å²) >= 11 is 0. The van der Waals surface area contributed by atoms with E-state index in [0.29, 0.717) is 6.04 Å². The molecule has 0 spiro atoms. The van der Waals surface area contributed by atoms with Crippen molar-refractivity contribution in [2.75, 3.05) is 13.2 Å². The molecule has 0 amide bonds. The van der Waals surface area contributed by atoms with Crippen LogP contribution in [0.2, 0.25) is 0 Å². The van der Waals surface area contributed by atoms with Gasteiger partial charge in [0.05, 0.1) is 6.54 Å². The third-order valence-corrected chi connectivity index (χ3v) is 2.65. The normalized spacial score (nSPS) is 22.6. The summed E-state index contributed by atoms with van der Waals surface area (Å²) in [6, 6.07) is 0.552. The number of rotatable bonds is 3. The number of ether oxygens (including phenoxy) is 1. The monoisotopic (exact) mass is 210 g/mol. The van der Waals surface area contributed by atoms with Gasteiger partial charge in [-0.1, -0.05) is 0 Å². The first-order chi connectivity index (χ1) is 7.34. The molecule has 1 aromatic heterocycles. The van der Waals surface area contributed by atoms with Crippen LogP contribution in [0.1, 0.15) is 25.1 Å². The van der Waals surface area contributed by atoms with Gasteiger partial charge in [0, 0.05) is 26.3 Å². The van der Waals surface area contributed by atoms with Gasteiger partial charge >= 0.3 is 0 Å². The second-order valence-corrected chi connectivity index (χ2v) is 3.96. The Labute approximate surface area is 89.8 Å². The smallest absolute Gasteiger partial charge is 0.164 e. The minimum absolute atomic E-state index is 0.552. The zero-order valence-electron chi connectivity index (χ0n) is 9.15. The second kappa shape index (κ2) is 5.23. The molecular weight excluding hydrogens is 192 g/mol. The molecule has 1 saturated heterocycles. The molecule has 2 heterocycles. The molecular formula is C10H18N4O. The summed E-state index contributed by atoms with van der Waals surface area (Å²) in [5.74, 6) is 0.864. The maximum absolute atomic E-state index is 5.41. The van der Waals surface area contributed by atoms with Crippen molar-refractivity contribution in [1.82, 2.24) is 20.1 Å². The van der Waals surface area contributed by atoms with Gasteiger partial charge in [-0.25, -0.2) is 4.98 Å². The summed E-state index contributed by atoms with van der Waals surface area (Å²) in [4.78, 5) is 4.18. The van der Waals surface area contributed by atoms with Gasteiger partial charge in [0.15, 0.2) is 5.82 Å². The standard InChI is InChI=1S/C10H18N4O/c1-14-8-12-10(13-14)7-11-9-3-2-5-15-6-4-9/h8-9,11H,2-7H2,1H3. The highest BCUT2D eigenvalue weighted by molar-refractivity contribution is 4.82. The van der Waals surface area contributed by atoms with Crippen LogP contribution in [0.15, 0.2) is 6.33 Å². The van der Waals surface area contributed by atoms with Crippen molar-refractivity contribution in [3.05, 3.63) is 12.2 Å². The summed E-state index contributed by atoms with van der Waals surface area (Å²) in [6.07, 6.45) is 5.15. The number of nitrogens with zero attached hydrogens (tertiary/aromatic N) is 3. The molecule has 1 unspecified atom stereocenters. The van der Waals surface area contributed by atoms with E-state index >= 15 is 0 Å². The van der Waals surface area contributed by atoms with Crippen LogP contribution in [0, 0.1) is 0 Å². The van der Waals surface area contributed by atoms with Crippen molar-refractivity contribution in [3.8, 4) is 0 Å². The van der Waals surface area contributed by atoms with E-state index in [1.165, 1.54) is 6.42 Å². The Morgan fingerprint density at radius 1 is 1.53 bits per heavy atom. The first-order valence-corrected chi connectivity index (χ1v) is 5.50. The van der Waals surface area contributed by atoms with Crippen molar-refractivity contribution in [3.63, 3.8) is 0 Å². The van der Waals surface area contributed by atoms with E-state index in [-0.39, 0.29) is 0 Å². The minimum atomic E-state index is 0.552. The Bertz CT molecular complexity index is 291. The first kappa shape index (κ1) is 10.6. The van der Waals surface area contributed by atoms with Crippen LogP contribution in [0.5, 0.6) is 0 Å². The van der Waals surface area contributed by atoms with Gasteiger partial charge in [-0.05, 0) is 19.3 Å². The topological polar surface area (TPSA) is 52.0 Å². The molecule has 1 fully saturated rings. The van der Waals surface area contributed by atoms with E-state index in [1.54, 1.807) is 11.0 Å². The molecule has 84 valence electrons. The molecule has 2 rings (SSSR count). The number of hydrogen-bond donors (Lipinski definition) is 1. The van der Waals surface area contributed by atoms with Gasteiger partial charge < -0.3 is 10.1 Å². The van der Waals surface area contributed by atoms with Crippen LogP contribution >= 0.6 is 0 Å². The third kappa shape index (κ3) is 3.28. The average Bonchev–Trinajstić information content (AvgIpc) is 2.52. The van der Waals surface area contributed by atoms with Crippen molar-refractivity contribution in [1.29, 1.82) is 0 Å². The molecule has 0 bridgehead atoms. The fraction of sp³-hybridized carbons (Fsp3) is 0.800. The van der Waals surface area contributed by atoms with Crippen molar-refractivity contribution >= 4 is 0 Å². The van der Waals surface area contributed by atoms with Gasteiger partial charge in [0.1, 0.15) is 6.33 Å². The molecule has 1 aliphatic rings. The summed E-state index contributed by atoms with van der Waals surface area (Å²) < 4.78 is 7.13. The second-order valence-electron chi connectivity index (χ2n) is 3.96. The van der Waals surface area contributed by atoms with Crippen molar-refractivity contribution in [2.24, 2.45) is 7.05 Å². The molecule has 0 saturated carbocycles. The minimum Gasteiger partial charge on any atom is -0.381 e. The summed E-state index contributed by atoms with van der Waals surface area (Å²) in [5, 5.41) is 7.70. The third-order valence-electron chi connectivity index (χ3n) is 2.65. The molecule has 0 aliphatic carbocycles. The van der Waals surface area contributed by atoms with Crippen LogP contribution in [0.4, 0.5) is 0 Å². The SMILES string of the molecule is Cn1cnc(CNC2CCCOCC2)n1. The van der Waals surface area contributed by atoms with Crippen LogP contribution in [-0.4, -0.2) is 34.0 Å². The predicted molar refractivity (Wildman–Crippen MR) is 56.3 cm³/mol. The lowest BCUT2D eigenvalue weighted by Gasteiger charge is -2.13. The lowest BCUT2D eigenvalue weighted by atomic mass is 10.1. The molecule has 15 heavy (non-hydrogen) atoms. The van der Waals surface area contributed by atoms with E-state index in [1.807, 2.05) is 7.05 Å². The fourth-order valence-corrected chi connectivity index (χ4v) is 1.81. The van der Waals surface area contributed by atoms with Gasteiger partial charge in [0.2, 0.25) is 0 Å². The van der Waals surface area contributed by atoms with E-state index in [2.05, 4.69) is 15.4 Å². The number of aryl methyl sites for hydroxylation is 1. The van der Waals surface area contributed by atoms with E-state index < -0.39 is 0 Å².